The molecular formula is C16H21N3O. The third-order valence-electron chi connectivity index (χ3n) is 3.70. The van der Waals surface area contributed by atoms with Crippen LogP contribution in [0.15, 0.2) is 42.4 Å². The Morgan fingerprint density at radius 3 is 3.20 bits per heavy atom. The molecule has 1 unspecified atom stereocenters. The van der Waals surface area contributed by atoms with Crippen LogP contribution in [0, 0.1) is 0 Å². The Kier molecular flexibility index (Phi) is 4.02. The minimum atomic E-state index is 0.204. The second kappa shape index (κ2) is 6.09. The summed E-state index contributed by atoms with van der Waals surface area (Å²) in [6, 6.07) is 6.38. The van der Waals surface area contributed by atoms with Crippen LogP contribution < -0.4 is 5.32 Å². The number of pyridine rings is 1. The monoisotopic (exact) mass is 271 g/mol. The first-order chi connectivity index (χ1) is 9.90. The van der Waals surface area contributed by atoms with Gasteiger partial charge < -0.3 is 10.1 Å². The third kappa shape index (κ3) is 2.56. The first-order valence-corrected chi connectivity index (χ1v) is 7.36. The number of nitrogens with one attached hydrogen (secondary N) is 1. The molecule has 2 aromatic heterocycles. The Labute approximate surface area is 119 Å². The van der Waals surface area contributed by atoms with E-state index in [1.807, 2.05) is 29.2 Å². The van der Waals surface area contributed by atoms with Gasteiger partial charge in [-0.25, -0.2) is 4.52 Å². The van der Waals surface area contributed by atoms with Gasteiger partial charge in [0.1, 0.15) is 0 Å². The van der Waals surface area contributed by atoms with Gasteiger partial charge in [0.25, 0.3) is 0 Å². The minimum absolute atomic E-state index is 0.204. The van der Waals surface area contributed by atoms with Gasteiger partial charge in [-0.1, -0.05) is 13.0 Å². The van der Waals surface area contributed by atoms with E-state index in [2.05, 4.69) is 29.5 Å². The predicted molar refractivity (Wildman–Crippen MR) is 79.5 cm³/mol. The lowest BCUT2D eigenvalue weighted by Gasteiger charge is -2.24. The van der Waals surface area contributed by atoms with Crippen molar-refractivity contribution in [1.29, 1.82) is 0 Å². The summed E-state index contributed by atoms with van der Waals surface area (Å²) in [5, 5.41) is 8.08. The molecule has 20 heavy (non-hydrogen) atoms. The summed E-state index contributed by atoms with van der Waals surface area (Å²) in [6.45, 7) is 4.01. The summed E-state index contributed by atoms with van der Waals surface area (Å²) in [7, 11) is 0. The highest BCUT2D eigenvalue weighted by atomic mass is 16.5. The van der Waals surface area contributed by atoms with Gasteiger partial charge in [-0.15, -0.1) is 0 Å². The summed E-state index contributed by atoms with van der Waals surface area (Å²) >= 11 is 0. The molecule has 2 aromatic rings. The highest BCUT2D eigenvalue weighted by Gasteiger charge is 2.21. The number of rotatable bonds is 5. The lowest BCUT2D eigenvalue weighted by Crippen LogP contribution is -2.25. The number of ether oxygens (including phenoxy) is 1. The standard InChI is InChI=1S/C16H21N3O/c1-2-8-17-16(13-6-5-10-20-12-13)14-11-18-19-9-4-3-7-15(14)19/h3-4,7,9,11-12,16-17H,2,5-6,8,10H2,1H3. The fraction of sp³-hybridized carbons (Fsp3) is 0.438. The molecule has 0 amide bonds. The SMILES string of the molecule is CCCNC(C1=COCCC1)c1cnn2ccccc12. The van der Waals surface area contributed by atoms with Crippen molar-refractivity contribution < 1.29 is 4.74 Å². The topological polar surface area (TPSA) is 38.6 Å². The van der Waals surface area contributed by atoms with Gasteiger partial charge in [-0.3, -0.25) is 0 Å². The van der Waals surface area contributed by atoms with Gasteiger partial charge in [0, 0.05) is 11.8 Å². The molecule has 1 aliphatic heterocycles. The van der Waals surface area contributed by atoms with Crippen LogP contribution in [0.25, 0.3) is 5.52 Å². The molecule has 0 saturated heterocycles. The molecule has 4 heteroatoms. The molecule has 0 fully saturated rings. The van der Waals surface area contributed by atoms with Gasteiger partial charge in [0.05, 0.1) is 30.6 Å². The molecule has 0 aliphatic carbocycles. The first-order valence-electron chi connectivity index (χ1n) is 7.36. The molecule has 1 N–H and O–H groups in total. The van der Waals surface area contributed by atoms with Crippen LogP contribution in [-0.2, 0) is 4.74 Å². The molecule has 3 heterocycles. The summed E-state index contributed by atoms with van der Waals surface area (Å²) in [4.78, 5) is 0. The smallest absolute Gasteiger partial charge is 0.0876 e. The Bertz CT molecular complexity index is 603. The molecule has 106 valence electrons. The highest BCUT2D eigenvalue weighted by molar-refractivity contribution is 5.56. The second-order valence-corrected chi connectivity index (χ2v) is 5.18. The van der Waals surface area contributed by atoms with E-state index < -0.39 is 0 Å². The van der Waals surface area contributed by atoms with Gasteiger partial charge in [0.2, 0.25) is 0 Å². The van der Waals surface area contributed by atoms with Gasteiger partial charge in [-0.2, -0.15) is 5.10 Å². The van der Waals surface area contributed by atoms with E-state index in [9.17, 15) is 0 Å². The molecule has 3 rings (SSSR count). The van der Waals surface area contributed by atoms with Crippen molar-refractivity contribution in [3.05, 3.63) is 48.0 Å². The molecule has 0 saturated carbocycles. The molecule has 1 aliphatic rings. The fourth-order valence-electron chi connectivity index (χ4n) is 2.70. The van der Waals surface area contributed by atoms with E-state index in [-0.39, 0.29) is 6.04 Å². The van der Waals surface area contributed by atoms with Crippen molar-refractivity contribution in [2.75, 3.05) is 13.2 Å². The number of fused-ring (bicyclic) bond motifs is 1. The van der Waals surface area contributed by atoms with E-state index in [1.54, 1.807) is 0 Å². The lowest BCUT2D eigenvalue weighted by atomic mass is 9.96. The zero-order valence-corrected chi connectivity index (χ0v) is 11.9. The van der Waals surface area contributed by atoms with E-state index in [0.717, 1.165) is 37.9 Å². The summed E-state index contributed by atoms with van der Waals surface area (Å²) in [6.07, 6.45) is 9.19. The highest BCUT2D eigenvalue weighted by Crippen LogP contribution is 2.30. The van der Waals surface area contributed by atoms with E-state index >= 15 is 0 Å². The van der Waals surface area contributed by atoms with Crippen LogP contribution in [0.2, 0.25) is 0 Å². The Balaban J connectivity index is 1.97. The third-order valence-corrected chi connectivity index (χ3v) is 3.70. The fourth-order valence-corrected chi connectivity index (χ4v) is 2.70. The minimum Gasteiger partial charge on any atom is -0.501 e. The molecule has 0 spiro atoms. The zero-order chi connectivity index (χ0) is 13.8. The number of hydrogen-bond acceptors (Lipinski definition) is 3. The largest absolute Gasteiger partial charge is 0.501 e. The predicted octanol–water partition coefficient (Wildman–Crippen LogP) is 3.07. The van der Waals surface area contributed by atoms with E-state index in [0.29, 0.717) is 0 Å². The van der Waals surface area contributed by atoms with Crippen molar-refractivity contribution in [3.63, 3.8) is 0 Å². The summed E-state index contributed by atoms with van der Waals surface area (Å²) < 4.78 is 7.45. The van der Waals surface area contributed by atoms with Crippen LogP contribution in [0.3, 0.4) is 0 Å². The number of aromatic nitrogens is 2. The molecular weight excluding hydrogens is 250 g/mol. The Morgan fingerprint density at radius 1 is 1.45 bits per heavy atom. The van der Waals surface area contributed by atoms with Crippen LogP contribution in [0.5, 0.6) is 0 Å². The number of nitrogens with zero attached hydrogens (tertiary/aromatic N) is 2. The van der Waals surface area contributed by atoms with Gasteiger partial charge >= 0.3 is 0 Å². The maximum absolute atomic E-state index is 5.52. The van der Waals surface area contributed by atoms with Gasteiger partial charge in [0.15, 0.2) is 0 Å². The molecule has 0 bridgehead atoms. The van der Waals surface area contributed by atoms with Crippen molar-refractivity contribution in [2.45, 2.75) is 32.2 Å². The zero-order valence-electron chi connectivity index (χ0n) is 11.9. The molecule has 4 nitrogen and oxygen atoms in total. The average molecular weight is 271 g/mol. The van der Waals surface area contributed by atoms with Crippen LogP contribution in [-0.4, -0.2) is 22.8 Å². The maximum atomic E-state index is 5.52. The number of hydrogen-bond donors (Lipinski definition) is 1. The Morgan fingerprint density at radius 2 is 2.40 bits per heavy atom. The van der Waals surface area contributed by atoms with Gasteiger partial charge in [-0.05, 0) is 43.5 Å². The maximum Gasteiger partial charge on any atom is 0.0876 e. The quantitative estimate of drug-likeness (QED) is 0.908. The first kappa shape index (κ1) is 13.2. The van der Waals surface area contributed by atoms with Crippen molar-refractivity contribution in [1.82, 2.24) is 14.9 Å². The van der Waals surface area contributed by atoms with Crippen LogP contribution in [0.4, 0.5) is 0 Å². The van der Waals surface area contributed by atoms with Crippen molar-refractivity contribution in [2.24, 2.45) is 0 Å². The summed E-state index contributed by atoms with van der Waals surface area (Å²) in [5.41, 5.74) is 3.71. The average Bonchev–Trinajstić information content (AvgIpc) is 2.93. The molecule has 1 atom stereocenters. The lowest BCUT2D eigenvalue weighted by molar-refractivity contribution is 0.219. The summed E-state index contributed by atoms with van der Waals surface area (Å²) in [5.74, 6) is 0. The van der Waals surface area contributed by atoms with E-state index in [1.165, 1.54) is 11.1 Å². The van der Waals surface area contributed by atoms with Crippen LogP contribution in [0.1, 0.15) is 37.8 Å². The Hall–Kier alpha value is -1.81. The van der Waals surface area contributed by atoms with E-state index in [4.69, 9.17) is 4.74 Å². The second-order valence-electron chi connectivity index (χ2n) is 5.18. The van der Waals surface area contributed by atoms with Crippen LogP contribution >= 0.6 is 0 Å². The van der Waals surface area contributed by atoms with Crippen molar-refractivity contribution >= 4 is 5.52 Å². The molecule has 0 radical (unpaired) electrons. The van der Waals surface area contributed by atoms with Crippen molar-refractivity contribution in [3.8, 4) is 0 Å². The molecule has 0 aromatic carbocycles. The normalized spacial score (nSPS) is 16.8.